The van der Waals surface area contributed by atoms with E-state index in [4.69, 9.17) is 9.47 Å². The second kappa shape index (κ2) is 10.4. The highest BCUT2D eigenvalue weighted by Gasteiger charge is 2.24. The molecule has 0 amide bonds. The van der Waals surface area contributed by atoms with Crippen LogP contribution in [0.25, 0.3) is 5.95 Å². The maximum absolute atomic E-state index is 5.77. The minimum absolute atomic E-state index is 0.141. The number of imidazole rings is 1. The highest BCUT2D eigenvalue weighted by atomic mass is 32.1. The summed E-state index contributed by atoms with van der Waals surface area (Å²) in [5.41, 5.74) is 1.44. The van der Waals surface area contributed by atoms with Crippen molar-refractivity contribution in [1.82, 2.24) is 23.8 Å². The lowest BCUT2D eigenvalue weighted by molar-refractivity contribution is 0.163. The van der Waals surface area contributed by atoms with Gasteiger partial charge in [-0.15, -0.1) is 0 Å². The van der Waals surface area contributed by atoms with Gasteiger partial charge >= 0.3 is 0 Å². The number of allylic oxidation sites excluding steroid dienone is 3. The van der Waals surface area contributed by atoms with Crippen molar-refractivity contribution in [2.45, 2.75) is 31.7 Å². The first-order valence-corrected chi connectivity index (χ1v) is 11.2. The molecule has 0 radical (unpaired) electrons. The molecule has 1 unspecified atom stereocenters. The number of aromatic nitrogens is 4. The molecule has 8 nitrogen and oxygen atoms in total. The Hall–Kier alpha value is -2.91. The molecular weight excluding hydrogens is 412 g/mol. The van der Waals surface area contributed by atoms with Crippen LogP contribution in [-0.2, 0) is 9.47 Å². The molecule has 9 heteroatoms. The molecule has 0 aromatic carbocycles. The van der Waals surface area contributed by atoms with E-state index in [1.54, 1.807) is 31.3 Å². The van der Waals surface area contributed by atoms with Crippen molar-refractivity contribution in [1.29, 1.82) is 0 Å². The minimum Gasteiger partial charge on any atom is -0.466 e. The highest BCUT2D eigenvalue weighted by Crippen LogP contribution is 2.26. The lowest BCUT2D eigenvalue weighted by atomic mass is 9.96. The summed E-state index contributed by atoms with van der Waals surface area (Å²) >= 11 is 1.40. The third-order valence-electron chi connectivity index (χ3n) is 5.41. The largest absolute Gasteiger partial charge is 0.466 e. The molecule has 1 atom stereocenters. The fourth-order valence-electron chi connectivity index (χ4n) is 3.63. The lowest BCUT2D eigenvalue weighted by Crippen LogP contribution is -2.36. The van der Waals surface area contributed by atoms with Crippen molar-refractivity contribution in [2.24, 2.45) is 0 Å². The van der Waals surface area contributed by atoms with Crippen molar-refractivity contribution in [3.05, 3.63) is 67.1 Å². The monoisotopic (exact) mass is 440 g/mol. The summed E-state index contributed by atoms with van der Waals surface area (Å²) in [6.45, 7) is 1.81. The van der Waals surface area contributed by atoms with E-state index in [-0.39, 0.29) is 6.04 Å². The summed E-state index contributed by atoms with van der Waals surface area (Å²) in [5.74, 6) is 1.51. The average Bonchev–Trinajstić information content (AvgIpc) is 3.51. The molecule has 3 heterocycles. The van der Waals surface area contributed by atoms with Crippen LogP contribution in [0.5, 0.6) is 0 Å². The van der Waals surface area contributed by atoms with Crippen LogP contribution in [0.3, 0.4) is 0 Å². The third-order valence-corrected chi connectivity index (χ3v) is 6.23. The first-order chi connectivity index (χ1) is 15.2. The van der Waals surface area contributed by atoms with Gasteiger partial charge in [-0.1, -0.05) is 23.8 Å². The molecule has 4 rings (SSSR count). The van der Waals surface area contributed by atoms with Crippen molar-refractivity contribution >= 4 is 16.7 Å². The first kappa shape index (κ1) is 21.3. The Morgan fingerprint density at radius 3 is 2.94 bits per heavy atom. The number of anilines is 1. The van der Waals surface area contributed by atoms with E-state index in [0.717, 1.165) is 49.7 Å². The Balaban J connectivity index is 1.32. The molecule has 2 aromatic rings. The molecule has 0 N–H and O–H groups in total. The van der Waals surface area contributed by atoms with E-state index in [0.29, 0.717) is 5.95 Å². The molecule has 0 bridgehead atoms. The summed E-state index contributed by atoms with van der Waals surface area (Å²) in [6, 6.07) is 0.141. The Labute approximate surface area is 187 Å². The van der Waals surface area contributed by atoms with E-state index in [2.05, 4.69) is 56.5 Å². The molecular formula is C22H28N6O2S. The van der Waals surface area contributed by atoms with E-state index in [1.165, 1.54) is 17.1 Å². The van der Waals surface area contributed by atoms with Crippen molar-refractivity contribution < 1.29 is 9.47 Å². The topological polar surface area (TPSA) is 68.5 Å². The van der Waals surface area contributed by atoms with E-state index in [1.807, 2.05) is 10.8 Å². The number of nitrogens with zero attached hydrogens (tertiary/aromatic N) is 6. The molecule has 2 aliphatic rings. The van der Waals surface area contributed by atoms with Gasteiger partial charge in [0.05, 0.1) is 6.04 Å². The second-order valence-corrected chi connectivity index (χ2v) is 8.39. The third kappa shape index (κ3) is 5.62. The van der Waals surface area contributed by atoms with Crippen LogP contribution in [0.2, 0.25) is 0 Å². The quantitative estimate of drug-likeness (QED) is 0.555. The van der Waals surface area contributed by atoms with Gasteiger partial charge in [0.15, 0.2) is 5.76 Å². The second-order valence-electron chi connectivity index (χ2n) is 7.66. The molecule has 164 valence electrons. The van der Waals surface area contributed by atoms with Gasteiger partial charge in [-0.25, -0.2) is 4.98 Å². The molecule has 31 heavy (non-hydrogen) atoms. The predicted molar refractivity (Wildman–Crippen MR) is 122 cm³/mol. The molecule has 0 fully saturated rings. The highest BCUT2D eigenvalue weighted by molar-refractivity contribution is 7.09. The van der Waals surface area contributed by atoms with Gasteiger partial charge < -0.3 is 14.4 Å². The fourth-order valence-corrected chi connectivity index (χ4v) is 4.28. The van der Waals surface area contributed by atoms with E-state index < -0.39 is 0 Å². The number of hydrogen-bond acceptors (Lipinski definition) is 8. The number of rotatable bonds is 10. The Morgan fingerprint density at radius 2 is 2.19 bits per heavy atom. The van der Waals surface area contributed by atoms with Gasteiger partial charge in [0.1, 0.15) is 25.1 Å². The normalized spacial score (nSPS) is 16.5. The van der Waals surface area contributed by atoms with Gasteiger partial charge in [-0.3, -0.25) is 9.47 Å². The number of likely N-dealkylation sites (N-methyl/N-ethyl adjacent to an activating group) is 1. The molecule has 0 saturated carbocycles. The van der Waals surface area contributed by atoms with Gasteiger partial charge in [0.25, 0.3) is 0 Å². The van der Waals surface area contributed by atoms with Crippen LogP contribution in [0.1, 0.15) is 25.7 Å². The maximum Gasteiger partial charge on any atom is 0.248 e. The van der Waals surface area contributed by atoms with Gasteiger partial charge in [0, 0.05) is 44.1 Å². The summed E-state index contributed by atoms with van der Waals surface area (Å²) in [4.78, 5) is 13.2. The summed E-state index contributed by atoms with van der Waals surface area (Å²) < 4.78 is 17.4. The maximum atomic E-state index is 5.77. The lowest BCUT2D eigenvalue weighted by Gasteiger charge is -2.31. The smallest absolute Gasteiger partial charge is 0.248 e. The van der Waals surface area contributed by atoms with Gasteiger partial charge in [-0.2, -0.15) is 9.36 Å². The summed E-state index contributed by atoms with van der Waals surface area (Å²) in [5, 5.41) is 0.902. The van der Waals surface area contributed by atoms with Crippen LogP contribution in [0, 0.1) is 0 Å². The minimum atomic E-state index is 0.141. The first-order valence-electron chi connectivity index (χ1n) is 10.5. The van der Waals surface area contributed by atoms with E-state index >= 15 is 0 Å². The summed E-state index contributed by atoms with van der Waals surface area (Å²) in [7, 11) is 4.20. The van der Waals surface area contributed by atoms with Gasteiger partial charge in [0.2, 0.25) is 11.1 Å². The zero-order valence-corrected chi connectivity index (χ0v) is 18.7. The molecule has 0 spiro atoms. The standard InChI is InChI=1S/C22H28N6O2S/c1-26(19(20-16-29-13-14-30-20)15-18-7-4-3-5-8-18)10-6-11-27(2)22-24-21(25-31-22)28-12-9-23-17-28/h3-4,7,9,12-14,16-17,19H,5-6,8,10-11,15H2,1-2H3. The van der Waals surface area contributed by atoms with Gasteiger partial charge in [-0.05, 0) is 32.7 Å². The molecule has 2 aromatic heterocycles. The Morgan fingerprint density at radius 1 is 1.26 bits per heavy atom. The Kier molecular flexibility index (Phi) is 7.16. The molecule has 1 aliphatic heterocycles. The molecule has 1 aliphatic carbocycles. The van der Waals surface area contributed by atoms with Crippen LogP contribution in [0.4, 0.5) is 5.13 Å². The SMILES string of the molecule is CN(CCCN(C)C(CC1=CC=CCC1)C1=COC=CO1)c1nc(-n2ccnc2)ns1. The van der Waals surface area contributed by atoms with Crippen molar-refractivity contribution in [3.8, 4) is 5.95 Å². The van der Waals surface area contributed by atoms with Crippen molar-refractivity contribution in [2.75, 3.05) is 32.1 Å². The zero-order valence-electron chi connectivity index (χ0n) is 17.9. The van der Waals surface area contributed by atoms with Crippen LogP contribution in [0.15, 0.2) is 67.1 Å². The number of ether oxygens (including phenoxy) is 2. The van der Waals surface area contributed by atoms with Crippen LogP contribution >= 0.6 is 11.5 Å². The zero-order chi connectivity index (χ0) is 21.5. The fraction of sp³-hybridized carbons (Fsp3) is 0.409. The van der Waals surface area contributed by atoms with Crippen LogP contribution in [-0.4, -0.2) is 57.0 Å². The average molecular weight is 441 g/mol. The summed E-state index contributed by atoms with van der Waals surface area (Å²) in [6.07, 6.45) is 20.9. The number of hydrogen-bond donors (Lipinski definition) is 0. The molecule has 0 saturated heterocycles. The van der Waals surface area contributed by atoms with E-state index in [9.17, 15) is 0 Å². The van der Waals surface area contributed by atoms with Crippen LogP contribution < -0.4 is 4.90 Å². The van der Waals surface area contributed by atoms with Crippen molar-refractivity contribution in [3.63, 3.8) is 0 Å². The Bertz CT molecular complexity index is 963. The predicted octanol–water partition coefficient (Wildman–Crippen LogP) is 3.88.